The first-order chi connectivity index (χ1) is 6.25. The van der Waals surface area contributed by atoms with Crippen molar-refractivity contribution in [3.63, 3.8) is 0 Å². The average Bonchev–Trinajstić information content (AvgIpc) is 2.52. The molecule has 0 radical (unpaired) electrons. The fraction of sp³-hybridized carbons (Fsp3) is 0. The number of nitrogens with zero attached hydrogens (tertiary/aromatic N) is 1. The van der Waals surface area contributed by atoms with Gasteiger partial charge in [-0.2, -0.15) is 0 Å². The van der Waals surface area contributed by atoms with Crippen LogP contribution in [0, 0.1) is 5.82 Å². The SMILES string of the molecule is Oc1cnc(-c2cccc(F)c2)s1. The minimum absolute atomic E-state index is 0.138. The van der Waals surface area contributed by atoms with E-state index in [4.69, 9.17) is 5.11 Å². The summed E-state index contributed by atoms with van der Waals surface area (Å²) in [6.07, 6.45) is 1.35. The molecule has 0 spiro atoms. The highest BCUT2D eigenvalue weighted by molar-refractivity contribution is 7.16. The van der Waals surface area contributed by atoms with Crippen molar-refractivity contribution >= 4 is 11.3 Å². The van der Waals surface area contributed by atoms with Crippen molar-refractivity contribution in [2.75, 3.05) is 0 Å². The molecule has 0 bridgehead atoms. The van der Waals surface area contributed by atoms with Crippen molar-refractivity contribution in [3.05, 3.63) is 36.3 Å². The summed E-state index contributed by atoms with van der Waals surface area (Å²) in [5.41, 5.74) is 0.685. The van der Waals surface area contributed by atoms with Crippen LogP contribution < -0.4 is 0 Å². The molecule has 0 atom stereocenters. The van der Waals surface area contributed by atoms with E-state index in [2.05, 4.69) is 4.98 Å². The van der Waals surface area contributed by atoms with Crippen molar-refractivity contribution in [1.82, 2.24) is 4.98 Å². The Balaban J connectivity index is 2.46. The van der Waals surface area contributed by atoms with Crippen molar-refractivity contribution in [1.29, 1.82) is 0 Å². The Bertz CT molecular complexity index is 427. The summed E-state index contributed by atoms with van der Waals surface area (Å²) in [6.45, 7) is 0. The third-order valence-electron chi connectivity index (χ3n) is 1.57. The van der Waals surface area contributed by atoms with Gasteiger partial charge in [-0.15, -0.1) is 0 Å². The zero-order valence-electron chi connectivity index (χ0n) is 6.57. The fourth-order valence-electron chi connectivity index (χ4n) is 1.02. The number of rotatable bonds is 1. The van der Waals surface area contributed by atoms with Gasteiger partial charge in [0.1, 0.15) is 10.8 Å². The summed E-state index contributed by atoms with van der Waals surface area (Å²) in [6, 6.07) is 6.12. The number of hydrogen-bond acceptors (Lipinski definition) is 3. The normalized spacial score (nSPS) is 10.2. The highest BCUT2D eigenvalue weighted by Crippen LogP contribution is 2.28. The molecule has 0 aliphatic heterocycles. The zero-order chi connectivity index (χ0) is 9.26. The zero-order valence-corrected chi connectivity index (χ0v) is 7.38. The van der Waals surface area contributed by atoms with E-state index in [1.54, 1.807) is 12.1 Å². The molecule has 2 rings (SSSR count). The summed E-state index contributed by atoms with van der Waals surface area (Å²) >= 11 is 1.13. The molecule has 0 saturated heterocycles. The Morgan fingerprint density at radius 1 is 1.38 bits per heavy atom. The molecule has 1 aromatic heterocycles. The quantitative estimate of drug-likeness (QED) is 0.758. The van der Waals surface area contributed by atoms with Gasteiger partial charge >= 0.3 is 0 Å². The summed E-state index contributed by atoms with van der Waals surface area (Å²) in [5.74, 6) is -0.299. The van der Waals surface area contributed by atoms with Crippen LogP contribution in [0.25, 0.3) is 10.6 Å². The van der Waals surface area contributed by atoms with E-state index in [1.807, 2.05) is 0 Å². The third kappa shape index (κ3) is 1.67. The van der Waals surface area contributed by atoms with Crippen LogP contribution in [0.4, 0.5) is 4.39 Å². The largest absolute Gasteiger partial charge is 0.498 e. The van der Waals surface area contributed by atoms with E-state index in [1.165, 1.54) is 18.3 Å². The molecule has 2 nitrogen and oxygen atoms in total. The first kappa shape index (κ1) is 8.19. The van der Waals surface area contributed by atoms with E-state index < -0.39 is 0 Å². The van der Waals surface area contributed by atoms with Crippen LogP contribution in [0.15, 0.2) is 30.5 Å². The predicted molar refractivity (Wildman–Crippen MR) is 49.2 cm³/mol. The number of hydrogen-bond donors (Lipinski definition) is 1. The highest BCUT2D eigenvalue weighted by Gasteiger charge is 2.03. The van der Waals surface area contributed by atoms with Crippen LogP contribution in [0.2, 0.25) is 0 Å². The Labute approximate surface area is 78.3 Å². The van der Waals surface area contributed by atoms with E-state index in [-0.39, 0.29) is 10.9 Å². The Morgan fingerprint density at radius 3 is 2.85 bits per heavy atom. The van der Waals surface area contributed by atoms with Gasteiger partial charge in [-0.25, -0.2) is 9.37 Å². The monoisotopic (exact) mass is 195 g/mol. The van der Waals surface area contributed by atoms with Crippen molar-refractivity contribution in [3.8, 4) is 15.6 Å². The second kappa shape index (κ2) is 3.14. The third-order valence-corrected chi connectivity index (χ3v) is 2.41. The highest BCUT2D eigenvalue weighted by atomic mass is 32.1. The van der Waals surface area contributed by atoms with Gasteiger partial charge in [-0.1, -0.05) is 23.5 Å². The summed E-state index contributed by atoms with van der Waals surface area (Å²) in [7, 11) is 0. The van der Waals surface area contributed by atoms with Gasteiger partial charge in [-0.3, -0.25) is 0 Å². The molecule has 0 aliphatic carbocycles. The minimum Gasteiger partial charge on any atom is -0.498 e. The molecular weight excluding hydrogens is 189 g/mol. The summed E-state index contributed by atoms with van der Waals surface area (Å²) in [5, 5.41) is 9.81. The van der Waals surface area contributed by atoms with Gasteiger partial charge < -0.3 is 5.11 Å². The second-order valence-corrected chi connectivity index (χ2v) is 3.52. The van der Waals surface area contributed by atoms with Crippen LogP contribution >= 0.6 is 11.3 Å². The van der Waals surface area contributed by atoms with E-state index >= 15 is 0 Å². The number of benzene rings is 1. The molecule has 0 amide bonds. The molecule has 1 heterocycles. The van der Waals surface area contributed by atoms with Crippen molar-refractivity contribution in [2.24, 2.45) is 0 Å². The van der Waals surface area contributed by atoms with Crippen LogP contribution in [-0.2, 0) is 0 Å². The molecule has 1 N–H and O–H groups in total. The summed E-state index contributed by atoms with van der Waals surface area (Å²) in [4.78, 5) is 3.93. The summed E-state index contributed by atoms with van der Waals surface area (Å²) < 4.78 is 12.8. The fourth-order valence-corrected chi connectivity index (χ4v) is 1.67. The molecule has 0 fully saturated rings. The molecule has 0 unspecified atom stereocenters. The number of halogens is 1. The number of aromatic nitrogens is 1. The van der Waals surface area contributed by atoms with Gasteiger partial charge in [0.05, 0.1) is 6.20 Å². The van der Waals surface area contributed by atoms with Gasteiger partial charge in [0, 0.05) is 5.56 Å². The lowest BCUT2D eigenvalue weighted by Gasteiger charge is -1.94. The van der Waals surface area contributed by atoms with Crippen LogP contribution in [0.1, 0.15) is 0 Å². The van der Waals surface area contributed by atoms with E-state index in [9.17, 15) is 4.39 Å². The molecule has 66 valence electrons. The van der Waals surface area contributed by atoms with E-state index in [0.29, 0.717) is 10.6 Å². The lowest BCUT2D eigenvalue weighted by molar-refractivity contribution is 0.489. The first-order valence-corrected chi connectivity index (χ1v) is 4.48. The van der Waals surface area contributed by atoms with Crippen molar-refractivity contribution in [2.45, 2.75) is 0 Å². The van der Waals surface area contributed by atoms with Crippen LogP contribution in [-0.4, -0.2) is 10.1 Å². The Hall–Kier alpha value is -1.42. The Morgan fingerprint density at radius 2 is 2.23 bits per heavy atom. The molecule has 13 heavy (non-hydrogen) atoms. The standard InChI is InChI=1S/C9H6FNOS/c10-7-3-1-2-6(4-7)9-11-5-8(12)13-9/h1-5,12H. The van der Waals surface area contributed by atoms with Gasteiger partial charge in [0.2, 0.25) is 0 Å². The molecule has 1 aromatic carbocycles. The van der Waals surface area contributed by atoms with Crippen LogP contribution in [0.5, 0.6) is 5.06 Å². The molecule has 0 saturated carbocycles. The lowest BCUT2D eigenvalue weighted by Crippen LogP contribution is -1.77. The maximum absolute atomic E-state index is 12.8. The Kier molecular flexibility index (Phi) is 1.98. The van der Waals surface area contributed by atoms with Crippen LogP contribution in [0.3, 0.4) is 0 Å². The maximum Gasteiger partial charge on any atom is 0.192 e. The van der Waals surface area contributed by atoms with E-state index in [0.717, 1.165) is 11.3 Å². The average molecular weight is 195 g/mol. The second-order valence-electron chi connectivity index (χ2n) is 2.51. The van der Waals surface area contributed by atoms with Crippen molar-refractivity contribution < 1.29 is 9.50 Å². The lowest BCUT2D eigenvalue weighted by atomic mass is 10.2. The molecular formula is C9H6FNOS. The van der Waals surface area contributed by atoms with Gasteiger partial charge in [-0.05, 0) is 12.1 Å². The molecule has 0 aliphatic rings. The smallest absolute Gasteiger partial charge is 0.192 e. The topological polar surface area (TPSA) is 33.1 Å². The first-order valence-electron chi connectivity index (χ1n) is 3.66. The van der Waals surface area contributed by atoms with Gasteiger partial charge in [0.15, 0.2) is 5.06 Å². The molecule has 4 heteroatoms. The number of aromatic hydroxyl groups is 1. The minimum atomic E-state index is -0.299. The maximum atomic E-state index is 12.8. The molecule has 2 aromatic rings. The van der Waals surface area contributed by atoms with Gasteiger partial charge in [0.25, 0.3) is 0 Å². The predicted octanol–water partition coefficient (Wildman–Crippen LogP) is 2.65. The number of thiazole rings is 1.